The fraction of sp³-hybridized carbons (Fsp3) is 0. The molecular formula is C24H15F2N3O4. The van der Waals surface area contributed by atoms with Gasteiger partial charge in [0, 0.05) is 35.4 Å². The van der Waals surface area contributed by atoms with Crippen LogP contribution in [0.3, 0.4) is 0 Å². The van der Waals surface area contributed by atoms with Crippen molar-refractivity contribution in [3.63, 3.8) is 0 Å². The Hall–Kier alpha value is -4.66. The van der Waals surface area contributed by atoms with Crippen LogP contribution in [0.1, 0.15) is 22.5 Å². The van der Waals surface area contributed by atoms with E-state index in [1.807, 2.05) is 0 Å². The van der Waals surface area contributed by atoms with Gasteiger partial charge in [0.2, 0.25) is 0 Å². The smallest absolute Gasteiger partial charge is 0.271 e. The van der Waals surface area contributed by atoms with Crippen molar-refractivity contribution in [3.05, 3.63) is 111 Å². The van der Waals surface area contributed by atoms with E-state index in [1.54, 1.807) is 0 Å². The molecule has 0 saturated carbocycles. The highest BCUT2D eigenvalue weighted by Crippen LogP contribution is 2.25. The molecule has 0 saturated heterocycles. The number of hydrogen-bond acceptors (Lipinski definition) is 6. The Morgan fingerprint density at radius 3 is 1.67 bits per heavy atom. The van der Waals surface area contributed by atoms with Crippen LogP contribution in [0.15, 0.2) is 66.7 Å². The zero-order valence-corrected chi connectivity index (χ0v) is 16.8. The van der Waals surface area contributed by atoms with E-state index in [0.717, 1.165) is 0 Å². The van der Waals surface area contributed by atoms with Crippen molar-refractivity contribution in [2.75, 3.05) is 0 Å². The zero-order chi connectivity index (χ0) is 23.5. The Labute approximate surface area is 185 Å². The number of rotatable bonds is 5. The van der Waals surface area contributed by atoms with E-state index in [1.165, 1.54) is 78.9 Å². The molecule has 0 atom stereocenters. The SMILES string of the molecule is O=[N+]([O-])c1ccc2nc(/C=C(\O)c3ccc(F)cc3)c(/C=C(\O)c3ccc(F)cc3)nc2c1. The van der Waals surface area contributed by atoms with Gasteiger partial charge in [-0.1, -0.05) is 0 Å². The summed E-state index contributed by atoms with van der Waals surface area (Å²) in [5.41, 5.74) is 1.19. The second-order valence-corrected chi connectivity index (χ2v) is 7.00. The van der Waals surface area contributed by atoms with E-state index >= 15 is 0 Å². The van der Waals surface area contributed by atoms with Crippen LogP contribution in [0, 0.1) is 21.7 Å². The Bertz CT molecular complexity index is 1420. The molecule has 0 amide bonds. The minimum atomic E-state index is -0.569. The predicted molar refractivity (Wildman–Crippen MR) is 120 cm³/mol. The van der Waals surface area contributed by atoms with Gasteiger partial charge in [-0.3, -0.25) is 10.1 Å². The minimum Gasteiger partial charge on any atom is -0.507 e. The van der Waals surface area contributed by atoms with E-state index in [4.69, 9.17) is 0 Å². The van der Waals surface area contributed by atoms with Gasteiger partial charge in [-0.05, 0) is 54.6 Å². The van der Waals surface area contributed by atoms with Crippen LogP contribution in [0.4, 0.5) is 14.5 Å². The summed E-state index contributed by atoms with van der Waals surface area (Å²) in [5.74, 6) is -1.44. The number of nitro benzene ring substituents is 1. The highest BCUT2D eigenvalue weighted by Gasteiger charge is 2.13. The second-order valence-electron chi connectivity index (χ2n) is 7.00. The molecule has 0 aliphatic rings. The summed E-state index contributed by atoms with van der Waals surface area (Å²) in [6.45, 7) is 0. The normalized spacial score (nSPS) is 12.2. The lowest BCUT2D eigenvalue weighted by molar-refractivity contribution is -0.384. The molecule has 0 spiro atoms. The zero-order valence-electron chi connectivity index (χ0n) is 16.8. The average molecular weight is 447 g/mol. The molecule has 1 heterocycles. The number of nitrogens with zero attached hydrogens (tertiary/aromatic N) is 3. The molecule has 1 aromatic heterocycles. The highest BCUT2D eigenvalue weighted by atomic mass is 19.1. The fourth-order valence-electron chi connectivity index (χ4n) is 3.06. The van der Waals surface area contributed by atoms with Crippen molar-refractivity contribution in [2.45, 2.75) is 0 Å². The molecule has 33 heavy (non-hydrogen) atoms. The van der Waals surface area contributed by atoms with E-state index in [9.17, 15) is 29.1 Å². The number of aliphatic hydroxyl groups is 2. The second kappa shape index (κ2) is 8.83. The summed E-state index contributed by atoms with van der Waals surface area (Å²) in [6, 6.07) is 14.1. The maximum absolute atomic E-state index is 13.2. The summed E-state index contributed by atoms with van der Waals surface area (Å²) in [7, 11) is 0. The monoisotopic (exact) mass is 447 g/mol. The molecular weight excluding hydrogens is 432 g/mol. The molecule has 2 N–H and O–H groups in total. The predicted octanol–water partition coefficient (Wildman–Crippen LogP) is 5.93. The molecule has 4 aromatic rings. The summed E-state index contributed by atoms with van der Waals surface area (Å²) in [5, 5.41) is 32.2. The van der Waals surface area contributed by atoms with Gasteiger partial charge in [0.05, 0.1) is 27.3 Å². The lowest BCUT2D eigenvalue weighted by atomic mass is 10.1. The van der Waals surface area contributed by atoms with E-state index < -0.39 is 16.6 Å². The van der Waals surface area contributed by atoms with Gasteiger partial charge in [0.1, 0.15) is 23.2 Å². The quantitative estimate of drug-likeness (QED) is 0.223. The molecule has 9 heteroatoms. The van der Waals surface area contributed by atoms with Crippen molar-refractivity contribution < 1.29 is 23.9 Å². The topological polar surface area (TPSA) is 109 Å². The summed E-state index contributed by atoms with van der Waals surface area (Å²) in [6.07, 6.45) is 2.53. The van der Waals surface area contributed by atoms with Crippen LogP contribution < -0.4 is 0 Å². The molecule has 0 bridgehead atoms. The summed E-state index contributed by atoms with van der Waals surface area (Å²) >= 11 is 0. The van der Waals surface area contributed by atoms with Crippen LogP contribution in [0.5, 0.6) is 0 Å². The highest BCUT2D eigenvalue weighted by molar-refractivity contribution is 5.86. The number of fused-ring (bicyclic) bond motifs is 1. The number of nitro groups is 1. The third-order valence-electron chi connectivity index (χ3n) is 4.74. The van der Waals surface area contributed by atoms with Crippen LogP contribution in [-0.4, -0.2) is 25.1 Å². The van der Waals surface area contributed by atoms with E-state index in [-0.39, 0.29) is 34.1 Å². The van der Waals surface area contributed by atoms with Gasteiger partial charge in [0.15, 0.2) is 0 Å². The van der Waals surface area contributed by atoms with Crippen molar-refractivity contribution >= 4 is 40.4 Å². The van der Waals surface area contributed by atoms with Crippen molar-refractivity contribution in [2.24, 2.45) is 0 Å². The van der Waals surface area contributed by atoms with Crippen molar-refractivity contribution in [3.8, 4) is 0 Å². The van der Waals surface area contributed by atoms with Crippen molar-refractivity contribution in [1.82, 2.24) is 9.97 Å². The number of non-ortho nitro benzene ring substituents is 1. The lowest BCUT2D eigenvalue weighted by Gasteiger charge is -2.07. The van der Waals surface area contributed by atoms with Gasteiger partial charge < -0.3 is 10.2 Å². The number of aromatic nitrogens is 2. The Morgan fingerprint density at radius 1 is 0.758 bits per heavy atom. The maximum atomic E-state index is 13.2. The molecule has 7 nitrogen and oxygen atoms in total. The number of benzene rings is 3. The first-order chi connectivity index (χ1) is 15.8. The molecule has 0 unspecified atom stereocenters. The third-order valence-corrected chi connectivity index (χ3v) is 4.74. The Balaban J connectivity index is 1.87. The molecule has 0 aliphatic heterocycles. The number of halogens is 2. The lowest BCUT2D eigenvalue weighted by Crippen LogP contribution is -1.98. The largest absolute Gasteiger partial charge is 0.507 e. The maximum Gasteiger partial charge on any atom is 0.271 e. The first kappa shape index (κ1) is 21.6. The molecule has 0 radical (unpaired) electrons. The molecule has 3 aromatic carbocycles. The molecule has 164 valence electrons. The van der Waals surface area contributed by atoms with Crippen LogP contribution in [0.25, 0.3) is 34.7 Å². The molecule has 0 aliphatic carbocycles. The number of hydrogen-bond donors (Lipinski definition) is 2. The van der Waals surface area contributed by atoms with E-state index in [2.05, 4.69) is 9.97 Å². The van der Waals surface area contributed by atoms with Gasteiger partial charge in [0.25, 0.3) is 5.69 Å². The van der Waals surface area contributed by atoms with Crippen LogP contribution in [-0.2, 0) is 0 Å². The third kappa shape index (κ3) is 4.82. The molecule has 0 fully saturated rings. The average Bonchev–Trinajstić information content (AvgIpc) is 2.79. The standard InChI is InChI=1S/C24H15F2N3O4/c25-16-5-1-14(2-6-16)23(30)12-21-22(13-24(31)15-3-7-17(26)8-4-15)28-20-11-18(29(32)33)9-10-19(20)27-21/h1-13,30-31H/b23-12-,24-13-. The van der Waals surface area contributed by atoms with Crippen LogP contribution in [0.2, 0.25) is 0 Å². The van der Waals surface area contributed by atoms with Gasteiger partial charge in [-0.2, -0.15) is 0 Å². The Kier molecular flexibility index (Phi) is 5.77. The minimum absolute atomic E-state index is 0.0958. The van der Waals surface area contributed by atoms with Crippen LogP contribution >= 0.6 is 0 Å². The first-order valence-electron chi connectivity index (χ1n) is 9.59. The summed E-state index contributed by atoms with van der Waals surface area (Å²) < 4.78 is 26.4. The van der Waals surface area contributed by atoms with Crippen molar-refractivity contribution in [1.29, 1.82) is 0 Å². The molecule has 4 rings (SSSR count). The van der Waals surface area contributed by atoms with Gasteiger partial charge >= 0.3 is 0 Å². The van der Waals surface area contributed by atoms with Gasteiger partial charge in [-0.15, -0.1) is 0 Å². The first-order valence-corrected chi connectivity index (χ1v) is 9.59. The van der Waals surface area contributed by atoms with E-state index in [0.29, 0.717) is 16.6 Å². The fourth-order valence-corrected chi connectivity index (χ4v) is 3.06. The Morgan fingerprint density at radius 2 is 1.21 bits per heavy atom. The summed E-state index contributed by atoms with van der Waals surface area (Å²) in [4.78, 5) is 19.3. The van der Waals surface area contributed by atoms with Gasteiger partial charge in [-0.25, -0.2) is 18.7 Å². The number of aliphatic hydroxyl groups excluding tert-OH is 2.